The molecule has 2 aromatic rings. The Balaban J connectivity index is 1.71. The van der Waals surface area contributed by atoms with Crippen molar-refractivity contribution in [2.45, 2.75) is 65.5 Å². The molecule has 1 fully saturated rings. The first-order valence-electron chi connectivity index (χ1n) is 12.5. The number of carbonyl (C=O) groups excluding carboxylic acids is 2. The third kappa shape index (κ3) is 8.20. The number of hydrogen-bond donors (Lipinski definition) is 0. The summed E-state index contributed by atoms with van der Waals surface area (Å²) in [5, 5.41) is 2.03. The Hall–Kier alpha value is -2.25. The molecule has 0 bridgehead atoms. The highest BCUT2D eigenvalue weighted by molar-refractivity contribution is 7.10. The van der Waals surface area contributed by atoms with Crippen LogP contribution in [0.5, 0.6) is 0 Å². The number of amides is 2. The molecule has 1 aromatic carbocycles. The molecule has 3 rings (SSSR count). The van der Waals surface area contributed by atoms with Gasteiger partial charge in [-0.15, -0.1) is 11.3 Å². The first-order valence-corrected chi connectivity index (χ1v) is 13.4. The molecule has 0 N–H and O–H groups in total. The Morgan fingerprint density at radius 1 is 1.00 bits per heavy atom. The van der Waals surface area contributed by atoms with Crippen LogP contribution in [0.15, 0.2) is 35.7 Å². The van der Waals surface area contributed by atoms with Gasteiger partial charge in [0.05, 0.1) is 13.1 Å². The molecule has 0 unspecified atom stereocenters. The highest BCUT2D eigenvalue weighted by Gasteiger charge is 2.23. The van der Waals surface area contributed by atoms with Gasteiger partial charge >= 0.3 is 0 Å². The summed E-state index contributed by atoms with van der Waals surface area (Å²) in [6.45, 7) is 8.67. The minimum atomic E-state index is -0.290. The molecular formula is C27H38FN3O2S. The van der Waals surface area contributed by atoms with Gasteiger partial charge in [-0.2, -0.15) is 0 Å². The zero-order valence-electron chi connectivity index (χ0n) is 20.6. The van der Waals surface area contributed by atoms with Gasteiger partial charge in [-0.3, -0.25) is 9.59 Å². The molecule has 0 radical (unpaired) electrons. The van der Waals surface area contributed by atoms with Gasteiger partial charge < -0.3 is 14.7 Å². The van der Waals surface area contributed by atoms with Crippen LogP contribution < -0.4 is 0 Å². The van der Waals surface area contributed by atoms with Crippen LogP contribution in [0, 0.1) is 12.7 Å². The molecule has 5 nitrogen and oxygen atoms in total. The van der Waals surface area contributed by atoms with E-state index in [4.69, 9.17) is 0 Å². The second-order valence-electron chi connectivity index (χ2n) is 9.22. The van der Waals surface area contributed by atoms with Gasteiger partial charge in [-0.05, 0) is 74.0 Å². The van der Waals surface area contributed by atoms with Crippen LogP contribution >= 0.6 is 11.3 Å². The van der Waals surface area contributed by atoms with Crippen LogP contribution in [0.25, 0.3) is 0 Å². The van der Waals surface area contributed by atoms with Crippen LogP contribution in [0.4, 0.5) is 4.39 Å². The third-order valence-electron chi connectivity index (χ3n) is 6.50. The summed E-state index contributed by atoms with van der Waals surface area (Å²) in [6, 6.07) is 8.35. The summed E-state index contributed by atoms with van der Waals surface area (Å²) in [5.74, 6) is -0.293. The number of hydrogen-bond acceptors (Lipinski definition) is 4. The number of nitrogens with zero attached hydrogens (tertiary/aromatic N) is 3. The average molecular weight is 488 g/mol. The van der Waals surface area contributed by atoms with Crippen molar-refractivity contribution in [3.8, 4) is 0 Å². The van der Waals surface area contributed by atoms with Crippen LogP contribution in [-0.4, -0.2) is 59.2 Å². The zero-order chi connectivity index (χ0) is 24.3. The number of unbranched alkanes of at least 4 members (excludes halogenated alkanes) is 2. The van der Waals surface area contributed by atoms with E-state index < -0.39 is 0 Å². The van der Waals surface area contributed by atoms with Crippen molar-refractivity contribution >= 4 is 23.2 Å². The van der Waals surface area contributed by atoms with E-state index in [2.05, 4.69) is 17.9 Å². The van der Waals surface area contributed by atoms with E-state index in [1.807, 2.05) is 12.3 Å². The van der Waals surface area contributed by atoms with Crippen molar-refractivity contribution in [2.24, 2.45) is 0 Å². The Bertz CT molecular complexity index is 909. The SMILES string of the molecule is CCCCCC(=O)N(CCN1CCCC1)CC(=O)N(Cc1ccc(F)cc1)Cc1sccc1C. The number of carbonyl (C=O) groups is 2. The number of likely N-dealkylation sites (tertiary alicyclic amines) is 1. The molecule has 0 atom stereocenters. The quantitative estimate of drug-likeness (QED) is 0.364. The Kier molecular flexibility index (Phi) is 10.5. The van der Waals surface area contributed by atoms with Crippen molar-refractivity contribution in [3.05, 3.63) is 57.5 Å². The Morgan fingerprint density at radius 2 is 1.74 bits per heavy atom. The van der Waals surface area contributed by atoms with Gasteiger partial charge in [0.1, 0.15) is 5.82 Å². The van der Waals surface area contributed by atoms with Crippen molar-refractivity contribution < 1.29 is 14.0 Å². The van der Waals surface area contributed by atoms with Gasteiger partial charge in [0.15, 0.2) is 0 Å². The summed E-state index contributed by atoms with van der Waals surface area (Å²) in [4.78, 5) is 33.7. The average Bonchev–Trinajstić information content (AvgIpc) is 3.49. The standard InChI is InChI=1S/C27H38FN3O2S/c1-3-4-5-8-26(32)30(17-16-29-14-6-7-15-29)21-27(33)31(20-25-22(2)13-18-34-25)19-23-9-11-24(28)12-10-23/h9-13,18H,3-8,14-17,19-21H2,1-2H3. The van der Waals surface area contributed by atoms with Crippen LogP contribution in [0.1, 0.15) is 61.5 Å². The van der Waals surface area contributed by atoms with E-state index in [-0.39, 0.29) is 24.2 Å². The monoisotopic (exact) mass is 487 g/mol. The molecule has 0 aliphatic carbocycles. The maximum absolute atomic E-state index is 13.5. The minimum Gasteiger partial charge on any atom is -0.332 e. The summed E-state index contributed by atoms with van der Waals surface area (Å²) < 4.78 is 13.4. The molecular weight excluding hydrogens is 449 g/mol. The number of benzene rings is 1. The van der Waals surface area contributed by atoms with E-state index in [0.29, 0.717) is 26.1 Å². The van der Waals surface area contributed by atoms with Gasteiger partial charge in [0, 0.05) is 30.9 Å². The van der Waals surface area contributed by atoms with E-state index >= 15 is 0 Å². The summed E-state index contributed by atoms with van der Waals surface area (Å²) in [5.41, 5.74) is 2.03. The largest absolute Gasteiger partial charge is 0.332 e. The first-order chi connectivity index (χ1) is 16.5. The predicted octanol–water partition coefficient (Wildman–Crippen LogP) is 5.23. The molecule has 2 heterocycles. The number of halogens is 1. The lowest BCUT2D eigenvalue weighted by molar-refractivity contribution is -0.141. The van der Waals surface area contributed by atoms with Crippen molar-refractivity contribution in [3.63, 3.8) is 0 Å². The smallest absolute Gasteiger partial charge is 0.242 e. The minimum absolute atomic E-state index is 0.0648. The Morgan fingerprint density at radius 3 is 2.38 bits per heavy atom. The van der Waals surface area contributed by atoms with E-state index in [1.165, 1.54) is 25.0 Å². The van der Waals surface area contributed by atoms with Crippen molar-refractivity contribution in [1.82, 2.24) is 14.7 Å². The van der Waals surface area contributed by atoms with Gasteiger partial charge in [0.2, 0.25) is 11.8 Å². The Labute approximate surface area is 207 Å². The highest BCUT2D eigenvalue weighted by atomic mass is 32.1. The number of rotatable bonds is 13. The fourth-order valence-electron chi connectivity index (χ4n) is 4.29. The third-order valence-corrected chi connectivity index (χ3v) is 7.51. The molecule has 34 heavy (non-hydrogen) atoms. The summed E-state index contributed by atoms with van der Waals surface area (Å²) in [6.07, 6.45) is 5.84. The van der Waals surface area contributed by atoms with Crippen LogP contribution in [0.2, 0.25) is 0 Å². The molecule has 1 saturated heterocycles. The lowest BCUT2D eigenvalue weighted by Crippen LogP contribution is -2.45. The second-order valence-corrected chi connectivity index (χ2v) is 10.2. The lowest BCUT2D eigenvalue weighted by atomic mass is 10.1. The van der Waals surface area contributed by atoms with Crippen molar-refractivity contribution in [1.29, 1.82) is 0 Å². The van der Waals surface area contributed by atoms with E-state index in [1.54, 1.807) is 33.3 Å². The second kappa shape index (κ2) is 13.6. The summed E-state index contributed by atoms with van der Waals surface area (Å²) >= 11 is 1.63. The number of aryl methyl sites for hydroxylation is 1. The maximum Gasteiger partial charge on any atom is 0.242 e. The van der Waals surface area contributed by atoms with Crippen LogP contribution in [0.3, 0.4) is 0 Å². The zero-order valence-corrected chi connectivity index (χ0v) is 21.4. The molecule has 1 aliphatic heterocycles. The predicted molar refractivity (Wildman–Crippen MR) is 136 cm³/mol. The summed E-state index contributed by atoms with van der Waals surface area (Å²) in [7, 11) is 0. The van der Waals surface area contributed by atoms with Crippen molar-refractivity contribution in [2.75, 3.05) is 32.7 Å². The topological polar surface area (TPSA) is 43.9 Å². The molecule has 7 heteroatoms. The maximum atomic E-state index is 13.5. The first kappa shape index (κ1) is 26.4. The number of thiophene rings is 1. The molecule has 1 aliphatic rings. The molecule has 0 saturated carbocycles. The van der Waals surface area contributed by atoms with Gasteiger partial charge in [-0.25, -0.2) is 4.39 Å². The normalized spacial score (nSPS) is 13.9. The fourth-order valence-corrected chi connectivity index (χ4v) is 5.21. The van der Waals surface area contributed by atoms with E-state index in [0.717, 1.165) is 54.9 Å². The molecule has 2 amide bonds. The van der Waals surface area contributed by atoms with Crippen LogP contribution in [-0.2, 0) is 22.7 Å². The highest BCUT2D eigenvalue weighted by Crippen LogP contribution is 2.20. The van der Waals surface area contributed by atoms with Gasteiger partial charge in [0.25, 0.3) is 0 Å². The molecule has 186 valence electrons. The fraction of sp³-hybridized carbons (Fsp3) is 0.556. The molecule has 0 spiro atoms. The molecule has 1 aromatic heterocycles. The van der Waals surface area contributed by atoms with Gasteiger partial charge in [-0.1, -0.05) is 31.9 Å². The van der Waals surface area contributed by atoms with E-state index in [9.17, 15) is 14.0 Å². The lowest BCUT2D eigenvalue weighted by Gasteiger charge is -2.29.